The van der Waals surface area contributed by atoms with Crippen molar-refractivity contribution in [1.29, 1.82) is 0 Å². The lowest BCUT2D eigenvalue weighted by molar-refractivity contribution is 0.519. The Labute approximate surface area is 75.4 Å². The van der Waals surface area contributed by atoms with Gasteiger partial charge in [-0.25, -0.2) is 0 Å². The first-order valence-corrected chi connectivity index (χ1v) is 5.26. The van der Waals surface area contributed by atoms with Crippen molar-refractivity contribution in [1.82, 2.24) is 0 Å². The maximum Gasteiger partial charge on any atom is -0.0226 e. The molecule has 66 valence electrons. The fourth-order valence-corrected chi connectivity index (χ4v) is 2.48. The molecule has 0 aromatic carbocycles. The van der Waals surface area contributed by atoms with E-state index in [0.717, 1.165) is 5.92 Å². The molecular formula is C12H18. The van der Waals surface area contributed by atoms with Gasteiger partial charge >= 0.3 is 0 Å². The van der Waals surface area contributed by atoms with Gasteiger partial charge in [-0.15, -0.1) is 0 Å². The van der Waals surface area contributed by atoms with E-state index in [-0.39, 0.29) is 0 Å². The molecule has 1 unspecified atom stereocenters. The minimum absolute atomic E-state index is 0.872. The molecular weight excluding hydrogens is 144 g/mol. The number of rotatable bonds is 0. The van der Waals surface area contributed by atoms with E-state index < -0.39 is 0 Å². The highest BCUT2D eigenvalue weighted by atomic mass is 14.2. The molecule has 0 nitrogen and oxygen atoms in total. The number of allylic oxidation sites excluding steroid dienone is 4. The van der Waals surface area contributed by atoms with Crippen molar-refractivity contribution in [3.8, 4) is 0 Å². The van der Waals surface area contributed by atoms with Gasteiger partial charge in [-0.1, -0.05) is 24.6 Å². The topological polar surface area (TPSA) is 0 Å². The second kappa shape index (κ2) is 3.47. The second-order valence-electron chi connectivity index (χ2n) is 4.14. The average molecular weight is 162 g/mol. The lowest BCUT2D eigenvalue weighted by Crippen LogP contribution is -2.07. The van der Waals surface area contributed by atoms with E-state index in [1.807, 2.05) is 0 Å². The first-order chi connectivity index (χ1) is 5.88. The zero-order valence-electron chi connectivity index (χ0n) is 7.97. The van der Waals surface area contributed by atoms with Crippen molar-refractivity contribution in [3.63, 3.8) is 0 Å². The van der Waals surface area contributed by atoms with Crippen molar-refractivity contribution in [2.24, 2.45) is 5.92 Å². The predicted molar refractivity (Wildman–Crippen MR) is 53.0 cm³/mol. The van der Waals surface area contributed by atoms with Crippen molar-refractivity contribution in [2.45, 2.75) is 45.4 Å². The molecule has 0 amide bonds. The molecule has 2 rings (SSSR count). The number of hydrogen-bond donors (Lipinski definition) is 0. The van der Waals surface area contributed by atoms with Gasteiger partial charge in [-0.2, -0.15) is 0 Å². The van der Waals surface area contributed by atoms with Crippen LogP contribution in [0.1, 0.15) is 45.4 Å². The zero-order chi connectivity index (χ0) is 8.39. The summed E-state index contributed by atoms with van der Waals surface area (Å²) in [4.78, 5) is 0. The van der Waals surface area contributed by atoms with Crippen LogP contribution in [0.15, 0.2) is 23.3 Å². The molecule has 2 aliphatic rings. The Bertz CT molecular complexity index is 220. The first-order valence-electron chi connectivity index (χ1n) is 5.26. The molecule has 0 radical (unpaired) electrons. The van der Waals surface area contributed by atoms with Gasteiger partial charge < -0.3 is 0 Å². The van der Waals surface area contributed by atoms with Crippen molar-refractivity contribution >= 4 is 0 Å². The molecule has 0 aliphatic heterocycles. The zero-order valence-corrected chi connectivity index (χ0v) is 7.97. The predicted octanol–water partition coefficient (Wildman–Crippen LogP) is 3.84. The molecule has 2 aliphatic carbocycles. The molecule has 0 bridgehead atoms. The normalized spacial score (nSPS) is 29.9. The highest BCUT2D eigenvalue weighted by molar-refractivity contribution is 5.30. The van der Waals surface area contributed by atoms with Gasteiger partial charge in [-0.05, 0) is 50.0 Å². The summed E-state index contributed by atoms with van der Waals surface area (Å²) in [7, 11) is 0. The maximum absolute atomic E-state index is 2.40. The van der Waals surface area contributed by atoms with Crippen LogP contribution in [-0.4, -0.2) is 0 Å². The fraction of sp³-hybridized carbons (Fsp3) is 0.667. The molecule has 0 heterocycles. The summed E-state index contributed by atoms with van der Waals surface area (Å²) >= 11 is 0. The van der Waals surface area contributed by atoms with Crippen LogP contribution in [0, 0.1) is 5.92 Å². The molecule has 0 fully saturated rings. The van der Waals surface area contributed by atoms with Gasteiger partial charge in [-0.3, -0.25) is 0 Å². The van der Waals surface area contributed by atoms with Crippen LogP contribution >= 0.6 is 0 Å². The lowest BCUT2D eigenvalue weighted by Gasteiger charge is -2.23. The molecule has 0 heteroatoms. The monoisotopic (exact) mass is 162 g/mol. The summed E-state index contributed by atoms with van der Waals surface area (Å²) in [5, 5.41) is 0. The molecule has 1 atom stereocenters. The maximum atomic E-state index is 2.40. The highest BCUT2D eigenvalue weighted by Crippen LogP contribution is 2.35. The van der Waals surface area contributed by atoms with Crippen LogP contribution < -0.4 is 0 Å². The molecule has 0 spiro atoms. The Morgan fingerprint density at radius 3 is 3.08 bits per heavy atom. The summed E-state index contributed by atoms with van der Waals surface area (Å²) in [5.74, 6) is 0.872. The van der Waals surface area contributed by atoms with Gasteiger partial charge in [0.15, 0.2) is 0 Å². The van der Waals surface area contributed by atoms with E-state index in [4.69, 9.17) is 0 Å². The fourth-order valence-electron chi connectivity index (χ4n) is 2.48. The molecule has 12 heavy (non-hydrogen) atoms. The summed E-state index contributed by atoms with van der Waals surface area (Å²) < 4.78 is 0. The Hall–Kier alpha value is -0.520. The van der Waals surface area contributed by atoms with Crippen LogP contribution in [0.2, 0.25) is 0 Å². The first kappa shape index (κ1) is 8.10. The average Bonchev–Trinajstić information content (AvgIpc) is 2.30. The minimum atomic E-state index is 0.872. The van der Waals surface area contributed by atoms with Crippen LogP contribution in [0.5, 0.6) is 0 Å². The third-order valence-electron chi connectivity index (χ3n) is 3.23. The lowest BCUT2D eigenvalue weighted by atomic mass is 9.82. The minimum Gasteiger partial charge on any atom is -0.0843 e. The summed E-state index contributed by atoms with van der Waals surface area (Å²) in [6.07, 6.45) is 13.0. The number of hydrogen-bond acceptors (Lipinski definition) is 0. The Morgan fingerprint density at radius 1 is 1.25 bits per heavy atom. The van der Waals surface area contributed by atoms with E-state index in [1.165, 1.54) is 38.5 Å². The third kappa shape index (κ3) is 1.48. The standard InChI is InChI=1S/C12H18/c1-10-6-5-8-11-7-3-2-4-9-12(10)11/h3,7,10H,2,4-6,8-9H2,1H3. The quantitative estimate of drug-likeness (QED) is 0.507. The van der Waals surface area contributed by atoms with E-state index in [2.05, 4.69) is 19.1 Å². The molecule has 0 aromatic heterocycles. The highest BCUT2D eigenvalue weighted by Gasteiger charge is 2.18. The molecule has 0 aromatic rings. The van der Waals surface area contributed by atoms with Gasteiger partial charge in [0.05, 0.1) is 0 Å². The molecule has 0 saturated heterocycles. The largest absolute Gasteiger partial charge is 0.0843 e. The SMILES string of the molecule is CC1CCCC2=C1CCCC=C2. The summed E-state index contributed by atoms with van der Waals surface area (Å²) in [6, 6.07) is 0. The Morgan fingerprint density at radius 2 is 2.17 bits per heavy atom. The van der Waals surface area contributed by atoms with E-state index in [0.29, 0.717) is 0 Å². The third-order valence-corrected chi connectivity index (χ3v) is 3.23. The van der Waals surface area contributed by atoms with Crippen molar-refractivity contribution in [2.75, 3.05) is 0 Å². The van der Waals surface area contributed by atoms with Crippen LogP contribution in [0.3, 0.4) is 0 Å². The smallest absolute Gasteiger partial charge is 0.0226 e. The van der Waals surface area contributed by atoms with E-state index >= 15 is 0 Å². The summed E-state index contributed by atoms with van der Waals surface area (Å²) in [6.45, 7) is 2.40. The van der Waals surface area contributed by atoms with Gasteiger partial charge in [0.1, 0.15) is 0 Å². The molecule has 0 N–H and O–H groups in total. The van der Waals surface area contributed by atoms with E-state index in [9.17, 15) is 0 Å². The second-order valence-corrected chi connectivity index (χ2v) is 4.14. The van der Waals surface area contributed by atoms with Crippen LogP contribution in [0.25, 0.3) is 0 Å². The Kier molecular flexibility index (Phi) is 2.34. The summed E-state index contributed by atoms with van der Waals surface area (Å²) in [5.41, 5.74) is 3.45. The van der Waals surface area contributed by atoms with Crippen molar-refractivity contribution < 1.29 is 0 Å². The van der Waals surface area contributed by atoms with Gasteiger partial charge in [0.25, 0.3) is 0 Å². The van der Waals surface area contributed by atoms with Crippen molar-refractivity contribution in [3.05, 3.63) is 23.3 Å². The van der Waals surface area contributed by atoms with Gasteiger partial charge in [0, 0.05) is 0 Å². The molecule has 0 saturated carbocycles. The van der Waals surface area contributed by atoms with Crippen LogP contribution in [0.4, 0.5) is 0 Å². The van der Waals surface area contributed by atoms with Gasteiger partial charge in [0.2, 0.25) is 0 Å². The Balaban J connectivity index is 2.26. The van der Waals surface area contributed by atoms with Crippen LogP contribution in [-0.2, 0) is 0 Å². The van der Waals surface area contributed by atoms with E-state index in [1.54, 1.807) is 11.1 Å².